The molecule has 0 spiro atoms. The zero-order valence-electron chi connectivity index (χ0n) is 17.7. The van der Waals surface area contributed by atoms with Crippen LogP contribution < -0.4 is 0 Å². The molecule has 1 N–H and O–H groups in total. The predicted molar refractivity (Wildman–Crippen MR) is 109 cm³/mol. The van der Waals surface area contributed by atoms with Gasteiger partial charge in [-0.05, 0) is 64.3 Å². The first-order chi connectivity index (χ1) is 12.1. The fourth-order valence-electron chi connectivity index (χ4n) is 4.82. The minimum absolute atomic E-state index is 0.0822. The minimum Gasteiger partial charge on any atom is -0.507 e. The van der Waals surface area contributed by atoms with Gasteiger partial charge in [-0.15, -0.1) is 0 Å². The van der Waals surface area contributed by atoms with Gasteiger partial charge in [0.1, 0.15) is 5.75 Å². The lowest BCUT2D eigenvalue weighted by atomic mass is 9.77. The number of benzene rings is 1. The van der Waals surface area contributed by atoms with Gasteiger partial charge >= 0.3 is 0 Å². The van der Waals surface area contributed by atoms with Crippen LogP contribution in [0, 0.1) is 11.8 Å². The normalized spacial score (nSPS) is 25.6. The summed E-state index contributed by atoms with van der Waals surface area (Å²) in [7, 11) is 0. The van der Waals surface area contributed by atoms with E-state index < -0.39 is 0 Å². The Morgan fingerprint density at radius 2 is 1.35 bits per heavy atom. The van der Waals surface area contributed by atoms with Crippen LogP contribution >= 0.6 is 0 Å². The Kier molecular flexibility index (Phi) is 5.45. The zero-order valence-corrected chi connectivity index (χ0v) is 17.7. The summed E-state index contributed by atoms with van der Waals surface area (Å²) in [5.41, 5.74) is 3.17. The van der Waals surface area contributed by atoms with Gasteiger partial charge in [-0.1, -0.05) is 67.2 Å². The molecule has 3 rings (SSSR count). The zero-order chi connectivity index (χ0) is 19.1. The Labute approximate surface area is 160 Å². The highest BCUT2D eigenvalue weighted by molar-refractivity contribution is 5.50. The molecular weight excluding hydrogens is 320 g/mol. The molecule has 1 aliphatic carbocycles. The second-order valence-electron chi connectivity index (χ2n) is 10.7. The van der Waals surface area contributed by atoms with Gasteiger partial charge in [0, 0.05) is 0 Å². The fraction of sp³-hybridized carbons (Fsp3) is 0.750. The van der Waals surface area contributed by atoms with E-state index >= 15 is 0 Å². The van der Waals surface area contributed by atoms with E-state index in [1.165, 1.54) is 37.7 Å². The summed E-state index contributed by atoms with van der Waals surface area (Å²) >= 11 is 0. The molecule has 1 aromatic carbocycles. The topological polar surface area (TPSA) is 29.5 Å². The summed E-state index contributed by atoms with van der Waals surface area (Å²) < 4.78 is 6.38. The molecule has 0 amide bonds. The third-order valence-corrected chi connectivity index (χ3v) is 6.50. The minimum atomic E-state index is -0.0822. The van der Waals surface area contributed by atoms with Gasteiger partial charge < -0.3 is 9.84 Å². The number of phenolic OH excluding ortho intramolecular Hbond substituents is 1. The van der Waals surface area contributed by atoms with Gasteiger partial charge in [0.15, 0.2) is 0 Å². The van der Waals surface area contributed by atoms with Gasteiger partial charge in [-0.2, -0.15) is 0 Å². The molecule has 2 fully saturated rings. The van der Waals surface area contributed by atoms with Crippen LogP contribution in [0.2, 0.25) is 0 Å². The SMILES string of the molecule is CC(C)(C)c1cc(C2CCC(C3CCCC3)CO2)cc(C(C)(C)C)c1O. The summed E-state index contributed by atoms with van der Waals surface area (Å²) in [4.78, 5) is 0. The van der Waals surface area contributed by atoms with E-state index in [0.29, 0.717) is 5.75 Å². The van der Waals surface area contributed by atoms with Crippen molar-refractivity contribution in [1.29, 1.82) is 0 Å². The van der Waals surface area contributed by atoms with Crippen LogP contribution in [0.25, 0.3) is 0 Å². The molecule has 0 bridgehead atoms. The van der Waals surface area contributed by atoms with Gasteiger partial charge in [0.25, 0.3) is 0 Å². The molecule has 0 radical (unpaired) electrons. The molecular formula is C24H38O2. The van der Waals surface area contributed by atoms with Gasteiger partial charge in [0.2, 0.25) is 0 Å². The number of ether oxygens (including phenoxy) is 1. The van der Waals surface area contributed by atoms with Crippen LogP contribution in [0.15, 0.2) is 12.1 Å². The number of phenols is 1. The van der Waals surface area contributed by atoms with Crippen molar-refractivity contribution in [2.24, 2.45) is 11.8 Å². The summed E-state index contributed by atoms with van der Waals surface area (Å²) in [6.07, 6.45) is 8.19. The molecule has 0 aromatic heterocycles. The highest BCUT2D eigenvalue weighted by Crippen LogP contribution is 2.44. The summed E-state index contributed by atoms with van der Waals surface area (Å²) in [5, 5.41) is 10.9. The molecule has 146 valence electrons. The molecule has 2 unspecified atom stereocenters. The molecule has 1 aromatic rings. The summed E-state index contributed by atoms with van der Waals surface area (Å²) in [6.45, 7) is 14.0. The molecule has 1 heterocycles. The van der Waals surface area contributed by atoms with Crippen molar-refractivity contribution in [3.05, 3.63) is 28.8 Å². The average Bonchev–Trinajstić information content (AvgIpc) is 3.07. The highest BCUT2D eigenvalue weighted by atomic mass is 16.5. The Hall–Kier alpha value is -1.02. The third kappa shape index (κ3) is 4.11. The summed E-state index contributed by atoms with van der Waals surface area (Å²) in [6, 6.07) is 4.40. The average molecular weight is 359 g/mol. The molecule has 26 heavy (non-hydrogen) atoms. The predicted octanol–water partition coefficient (Wildman–Crippen LogP) is 6.65. The highest BCUT2D eigenvalue weighted by Gasteiger charge is 2.33. The van der Waals surface area contributed by atoms with Crippen molar-refractivity contribution in [3.63, 3.8) is 0 Å². The molecule has 1 saturated heterocycles. The third-order valence-electron chi connectivity index (χ3n) is 6.50. The second-order valence-corrected chi connectivity index (χ2v) is 10.7. The quantitative estimate of drug-likeness (QED) is 0.641. The molecule has 2 aliphatic rings. The van der Waals surface area contributed by atoms with E-state index in [1.807, 2.05) is 0 Å². The maximum Gasteiger partial charge on any atom is 0.123 e. The Bertz CT molecular complexity index is 584. The number of aromatic hydroxyl groups is 1. The molecule has 1 saturated carbocycles. The van der Waals surface area contributed by atoms with Crippen molar-refractivity contribution in [1.82, 2.24) is 0 Å². The van der Waals surface area contributed by atoms with E-state index in [2.05, 4.69) is 53.7 Å². The summed E-state index contributed by atoms with van der Waals surface area (Å²) in [5.74, 6) is 2.12. The first kappa shape index (κ1) is 19.7. The monoisotopic (exact) mass is 358 g/mol. The van der Waals surface area contributed by atoms with Gasteiger partial charge in [-0.25, -0.2) is 0 Å². The van der Waals surface area contributed by atoms with Crippen LogP contribution in [0.5, 0.6) is 5.75 Å². The van der Waals surface area contributed by atoms with Crippen molar-refractivity contribution >= 4 is 0 Å². The molecule has 2 atom stereocenters. The second kappa shape index (κ2) is 7.19. The van der Waals surface area contributed by atoms with E-state index in [0.717, 1.165) is 36.0 Å². The first-order valence-electron chi connectivity index (χ1n) is 10.6. The molecule has 2 heteroatoms. The molecule has 1 aliphatic heterocycles. The Balaban J connectivity index is 1.85. The largest absolute Gasteiger partial charge is 0.507 e. The lowest BCUT2D eigenvalue weighted by Crippen LogP contribution is -2.26. The van der Waals surface area contributed by atoms with Crippen LogP contribution in [-0.4, -0.2) is 11.7 Å². The number of hydrogen-bond acceptors (Lipinski definition) is 2. The maximum atomic E-state index is 10.9. The molecule has 2 nitrogen and oxygen atoms in total. The van der Waals surface area contributed by atoms with Crippen LogP contribution in [0.1, 0.15) is 103 Å². The van der Waals surface area contributed by atoms with Crippen molar-refractivity contribution in [3.8, 4) is 5.75 Å². The van der Waals surface area contributed by atoms with Crippen molar-refractivity contribution < 1.29 is 9.84 Å². The van der Waals surface area contributed by atoms with E-state index in [1.54, 1.807) is 0 Å². The van der Waals surface area contributed by atoms with E-state index in [9.17, 15) is 5.11 Å². The fourth-order valence-corrected chi connectivity index (χ4v) is 4.82. The van der Waals surface area contributed by atoms with E-state index in [4.69, 9.17) is 4.74 Å². The standard InChI is InChI=1S/C24H38O2/c1-23(2,3)19-13-18(14-20(22(19)25)24(4,5)6)21-12-11-17(15-26-21)16-9-7-8-10-16/h13-14,16-17,21,25H,7-12,15H2,1-6H3. The Morgan fingerprint density at radius 3 is 1.77 bits per heavy atom. The van der Waals surface area contributed by atoms with Gasteiger partial charge in [-0.3, -0.25) is 0 Å². The maximum absolute atomic E-state index is 10.9. The lowest BCUT2D eigenvalue weighted by molar-refractivity contribution is -0.0330. The number of hydrogen-bond donors (Lipinski definition) is 1. The Morgan fingerprint density at radius 1 is 0.808 bits per heavy atom. The lowest BCUT2D eigenvalue weighted by Gasteiger charge is -2.34. The number of rotatable bonds is 2. The van der Waals surface area contributed by atoms with Crippen LogP contribution in [0.3, 0.4) is 0 Å². The van der Waals surface area contributed by atoms with Crippen LogP contribution in [0.4, 0.5) is 0 Å². The first-order valence-corrected chi connectivity index (χ1v) is 10.6. The van der Waals surface area contributed by atoms with Crippen LogP contribution in [-0.2, 0) is 15.6 Å². The van der Waals surface area contributed by atoms with Crippen molar-refractivity contribution in [2.75, 3.05) is 6.61 Å². The van der Waals surface area contributed by atoms with Gasteiger partial charge in [0.05, 0.1) is 12.7 Å². The smallest absolute Gasteiger partial charge is 0.123 e. The van der Waals surface area contributed by atoms with E-state index in [-0.39, 0.29) is 16.9 Å². The van der Waals surface area contributed by atoms with Crippen molar-refractivity contribution in [2.45, 2.75) is 97.0 Å².